The van der Waals surface area contributed by atoms with Crippen LogP contribution in [-0.2, 0) is 4.74 Å². The monoisotopic (exact) mass is 307 g/mol. The van der Waals surface area contributed by atoms with E-state index in [2.05, 4.69) is 41.4 Å². The van der Waals surface area contributed by atoms with Gasteiger partial charge in [-0.2, -0.15) is 0 Å². The van der Waals surface area contributed by atoms with Gasteiger partial charge in [-0.3, -0.25) is 0 Å². The second-order valence-corrected chi connectivity index (χ2v) is 5.84. The Bertz CT molecular complexity index is 868. The van der Waals surface area contributed by atoms with Crippen LogP contribution in [0.15, 0.2) is 54.6 Å². The molecule has 22 heavy (non-hydrogen) atoms. The van der Waals surface area contributed by atoms with Crippen LogP contribution in [-0.4, -0.2) is 11.6 Å². The molecule has 0 aliphatic carbocycles. The van der Waals surface area contributed by atoms with Crippen molar-refractivity contribution in [1.82, 2.24) is 4.98 Å². The Morgan fingerprint density at radius 1 is 1.05 bits per heavy atom. The first-order valence-corrected chi connectivity index (χ1v) is 7.62. The zero-order valence-corrected chi connectivity index (χ0v) is 12.6. The average Bonchev–Trinajstić information content (AvgIpc) is 3.38. The fraction of sp³-hybridized carbons (Fsp3) is 0.105. The van der Waals surface area contributed by atoms with E-state index in [0.717, 1.165) is 28.8 Å². The highest BCUT2D eigenvalue weighted by atomic mass is 35.5. The number of aromatic nitrogens is 1. The molecular formula is C19H14ClNO. The van der Waals surface area contributed by atoms with Crippen molar-refractivity contribution >= 4 is 34.7 Å². The van der Waals surface area contributed by atoms with Gasteiger partial charge in [-0.05, 0) is 41.5 Å². The zero-order chi connectivity index (χ0) is 14.9. The van der Waals surface area contributed by atoms with Crippen molar-refractivity contribution in [3.05, 3.63) is 76.4 Å². The molecule has 1 fully saturated rings. The van der Waals surface area contributed by atoms with Gasteiger partial charge in [-0.15, -0.1) is 0 Å². The Morgan fingerprint density at radius 2 is 1.91 bits per heavy atom. The SMILES string of the molecule is Clc1ccc2ccc(C=Cc3cccc([C@H]4CO4)c3)nc2c1. The molecule has 1 aliphatic heterocycles. The molecule has 3 aromatic rings. The molecular weight excluding hydrogens is 294 g/mol. The maximum absolute atomic E-state index is 6.03. The maximum Gasteiger partial charge on any atom is 0.106 e. The van der Waals surface area contributed by atoms with Gasteiger partial charge >= 0.3 is 0 Å². The predicted molar refractivity (Wildman–Crippen MR) is 90.8 cm³/mol. The van der Waals surface area contributed by atoms with Gasteiger partial charge in [0.05, 0.1) is 17.8 Å². The van der Waals surface area contributed by atoms with Crippen molar-refractivity contribution < 1.29 is 4.74 Å². The molecule has 2 heterocycles. The van der Waals surface area contributed by atoms with Crippen LogP contribution in [0.5, 0.6) is 0 Å². The van der Waals surface area contributed by atoms with E-state index in [4.69, 9.17) is 16.3 Å². The lowest BCUT2D eigenvalue weighted by atomic mass is 10.1. The summed E-state index contributed by atoms with van der Waals surface area (Å²) in [6.07, 6.45) is 4.38. The smallest absolute Gasteiger partial charge is 0.106 e. The van der Waals surface area contributed by atoms with Crippen molar-refractivity contribution in [3.63, 3.8) is 0 Å². The van der Waals surface area contributed by atoms with E-state index in [1.165, 1.54) is 5.56 Å². The molecule has 4 rings (SSSR count). The summed E-state index contributed by atoms with van der Waals surface area (Å²) >= 11 is 6.03. The average molecular weight is 308 g/mol. The van der Waals surface area contributed by atoms with Crippen molar-refractivity contribution in [2.45, 2.75) is 6.10 Å². The van der Waals surface area contributed by atoms with Crippen LogP contribution in [0.1, 0.15) is 22.9 Å². The lowest BCUT2D eigenvalue weighted by Crippen LogP contribution is -1.84. The molecule has 0 amide bonds. The summed E-state index contributed by atoms with van der Waals surface area (Å²) in [7, 11) is 0. The Labute approximate surface area is 134 Å². The van der Waals surface area contributed by atoms with Gasteiger partial charge in [0, 0.05) is 10.4 Å². The van der Waals surface area contributed by atoms with E-state index in [-0.39, 0.29) is 6.10 Å². The van der Waals surface area contributed by atoms with Gasteiger partial charge in [0.15, 0.2) is 0 Å². The van der Waals surface area contributed by atoms with Crippen LogP contribution in [0.2, 0.25) is 5.02 Å². The van der Waals surface area contributed by atoms with Gasteiger partial charge in [-0.25, -0.2) is 4.98 Å². The molecule has 0 unspecified atom stereocenters. The van der Waals surface area contributed by atoms with E-state index < -0.39 is 0 Å². The summed E-state index contributed by atoms with van der Waals surface area (Å²) in [5.41, 5.74) is 4.22. The molecule has 0 spiro atoms. The van der Waals surface area contributed by atoms with Gasteiger partial charge in [-0.1, -0.05) is 48.0 Å². The Balaban J connectivity index is 1.63. The minimum atomic E-state index is 0.286. The van der Waals surface area contributed by atoms with E-state index in [9.17, 15) is 0 Å². The first kappa shape index (κ1) is 13.5. The number of pyridine rings is 1. The fourth-order valence-electron chi connectivity index (χ4n) is 2.48. The second kappa shape index (κ2) is 5.56. The fourth-order valence-corrected chi connectivity index (χ4v) is 2.65. The number of ether oxygens (including phenoxy) is 1. The van der Waals surface area contributed by atoms with Crippen LogP contribution in [0.3, 0.4) is 0 Å². The van der Waals surface area contributed by atoms with Crippen LogP contribution >= 0.6 is 11.6 Å². The van der Waals surface area contributed by atoms with Gasteiger partial charge < -0.3 is 4.74 Å². The van der Waals surface area contributed by atoms with E-state index in [0.29, 0.717) is 5.02 Å². The lowest BCUT2D eigenvalue weighted by Gasteiger charge is -2.01. The molecule has 2 nitrogen and oxygen atoms in total. The van der Waals surface area contributed by atoms with Crippen LogP contribution in [0.4, 0.5) is 0 Å². The van der Waals surface area contributed by atoms with Crippen LogP contribution in [0.25, 0.3) is 23.1 Å². The number of fused-ring (bicyclic) bond motifs is 1. The number of benzene rings is 2. The van der Waals surface area contributed by atoms with E-state index in [1.807, 2.05) is 30.3 Å². The standard InChI is InChI=1S/C19H14ClNO/c20-16-7-5-14-6-9-17(21-18(14)11-16)8-4-13-2-1-3-15(10-13)19-12-22-19/h1-11,19H,12H2/t19-/m1/s1. The molecule has 2 aromatic carbocycles. The minimum absolute atomic E-state index is 0.286. The van der Waals surface area contributed by atoms with Gasteiger partial charge in [0.1, 0.15) is 6.10 Å². The Kier molecular flexibility index (Phi) is 3.41. The maximum atomic E-state index is 6.03. The normalized spacial score (nSPS) is 17.2. The molecule has 0 radical (unpaired) electrons. The predicted octanol–water partition coefficient (Wildman–Crippen LogP) is 5.13. The number of rotatable bonds is 3. The zero-order valence-electron chi connectivity index (χ0n) is 11.9. The molecule has 1 saturated heterocycles. The number of hydrogen-bond acceptors (Lipinski definition) is 2. The summed E-state index contributed by atoms with van der Waals surface area (Å²) in [5.74, 6) is 0. The molecule has 3 heteroatoms. The number of hydrogen-bond donors (Lipinski definition) is 0. The molecule has 1 aliphatic rings. The second-order valence-electron chi connectivity index (χ2n) is 5.40. The number of epoxide rings is 1. The van der Waals surface area contributed by atoms with Crippen molar-refractivity contribution in [2.75, 3.05) is 6.61 Å². The summed E-state index contributed by atoms with van der Waals surface area (Å²) < 4.78 is 5.32. The first-order chi connectivity index (χ1) is 10.8. The number of halogens is 1. The summed E-state index contributed by atoms with van der Waals surface area (Å²) in [4.78, 5) is 4.63. The molecule has 108 valence electrons. The van der Waals surface area contributed by atoms with Gasteiger partial charge in [0.25, 0.3) is 0 Å². The molecule has 0 saturated carbocycles. The highest BCUT2D eigenvalue weighted by Crippen LogP contribution is 2.30. The largest absolute Gasteiger partial charge is 0.368 e. The quantitative estimate of drug-likeness (QED) is 0.627. The van der Waals surface area contributed by atoms with Crippen LogP contribution in [0, 0.1) is 0 Å². The van der Waals surface area contributed by atoms with Gasteiger partial charge in [0.2, 0.25) is 0 Å². The van der Waals surface area contributed by atoms with Crippen LogP contribution < -0.4 is 0 Å². The lowest BCUT2D eigenvalue weighted by molar-refractivity contribution is 0.415. The highest BCUT2D eigenvalue weighted by Gasteiger charge is 2.24. The minimum Gasteiger partial charge on any atom is -0.368 e. The molecule has 1 atom stereocenters. The van der Waals surface area contributed by atoms with Crippen molar-refractivity contribution in [2.24, 2.45) is 0 Å². The van der Waals surface area contributed by atoms with E-state index >= 15 is 0 Å². The Morgan fingerprint density at radius 3 is 2.77 bits per heavy atom. The Hall–Kier alpha value is -2.16. The summed E-state index contributed by atoms with van der Waals surface area (Å²) in [6, 6.07) is 18.2. The third-order valence-corrected chi connectivity index (χ3v) is 3.97. The van der Waals surface area contributed by atoms with Crippen molar-refractivity contribution in [1.29, 1.82) is 0 Å². The van der Waals surface area contributed by atoms with Crippen molar-refractivity contribution in [3.8, 4) is 0 Å². The molecule has 0 N–H and O–H groups in total. The third-order valence-electron chi connectivity index (χ3n) is 3.74. The number of nitrogens with zero attached hydrogens (tertiary/aromatic N) is 1. The molecule has 0 bridgehead atoms. The third kappa shape index (κ3) is 2.89. The first-order valence-electron chi connectivity index (χ1n) is 7.24. The topological polar surface area (TPSA) is 25.4 Å². The molecule has 1 aromatic heterocycles. The van der Waals surface area contributed by atoms with E-state index in [1.54, 1.807) is 0 Å². The summed E-state index contributed by atoms with van der Waals surface area (Å²) in [5, 5.41) is 1.80. The summed E-state index contributed by atoms with van der Waals surface area (Å²) in [6.45, 7) is 0.833. The highest BCUT2D eigenvalue weighted by molar-refractivity contribution is 6.31.